The number of nitrogens with zero attached hydrogens (tertiary/aromatic N) is 2. The van der Waals surface area contributed by atoms with Gasteiger partial charge in [-0.25, -0.2) is 0 Å². The number of carbonyl (C=O) groups excluding carboxylic acids is 2. The Morgan fingerprint density at radius 2 is 1.74 bits per heavy atom. The van der Waals surface area contributed by atoms with Gasteiger partial charge in [-0.3, -0.25) is 9.59 Å². The molecule has 0 aromatic heterocycles. The Labute approximate surface area is 113 Å². The van der Waals surface area contributed by atoms with Gasteiger partial charge in [0.05, 0.1) is 0 Å². The van der Waals surface area contributed by atoms with Crippen molar-refractivity contribution >= 4 is 17.5 Å². The van der Waals surface area contributed by atoms with E-state index in [0.717, 1.165) is 18.7 Å². The van der Waals surface area contributed by atoms with Gasteiger partial charge in [0.1, 0.15) is 0 Å². The maximum Gasteiger partial charge on any atom is 0.313 e. The van der Waals surface area contributed by atoms with E-state index < -0.39 is 11.8 Å². The Kier molecular flexibility index (Phi) is 4.16. The van der Waals surface area contributed by atoms with Gasteiger partial charge in [0, 0.05) is 31.9 Å². The van der Waals surface area contributed by atoms with Crippen LogP contribution in [0.4, 0.5) is 5.69 Å². The molecule has 0 unspecified atom stereocenters. The molecule has 1 aromatic carbocycles. The highest BCUT2D eigenvalue weighted by molar-refractivity contribution is 6.39. The third kappa shape index (κ3) is 3.32. The highest BCUT2D eigenvalue weighted by Crippen LogP contribution is 2.13. The molecular weight excluding hydrogens is 242 g/mol. The van der Waals surface area contributed by atoms with Gasteiger partial charge in [-0.1, -0.05) is 18.2 Å². The first-order valence-electron chi connectivity index (χ1n) is 6.42. The first-order valence-corrected chi connectivity index (χ1v) is 6.42. The molecule has 0 bridgehead atoms. The Balaban J connectivity index is 1.96. The van der Waals surface area contributed by atoms with Crippen LogP contribution >= 0.6 is 0 Å². The van der Waals surface area contributed by atoms with E-state index in [0.29, 0.717) is 18.8 Å². The van der Waals surface area contributed by atoms with Crippen LogP contribution in [0.5, 0.6) is 0 Å². The Hall–Kier alpha value is -1.88. The number of anilines is 1. The largest absolute Gasteiger partial charge is 0.332 e. The number of para-hydroxylation sites is 1. The number of hydrogen-bond acceptors (Lipinski definition) is 3. The fourth-order valence-electron chi connectivity index (χ4n) is 2.04. The minimum Gasteiger partial charge on any atom is -0.332 e. The molecule has 1 aliphatic heterocycles. The number of hydrogen-bond donors (Lipinski definition) is 1. The Morgan fingerprint density at radius 3 is 2.37 bits per heavy atom. The lowest BCUT2D eigenvalue weighted by atomic mass is 10.2. The SMILES string of the molecule is Cc1ccccc1NC(=O)C(=O)N1CCN(C)CC1. The van der Waals surface area contributed by atoms with Gasteiger partial charge < -0.3 is 15.1 Å². The summed E-state index contributed by atoms with van der Waals surface area (Å²) in [6.07, 6.45) is 0. The molecule has 1 saturated heterocycles. The van der Waals surface area contributed by atoms with Gasteiger partial charge in [-0.15, -0.1) is 0 Å². The third-order valence-electron chi connectivity index (χ3n) is 3.38. The molecule has 5 heteroatoms. The van der Waals surface area contributed by atoms with E-state index in [1.165, 1.54) is 0 Å². The molecule has 102 valence electrons. The molecule has 0 radical (unpaired) electrons. The molecule has 5 nitrogen and oxygen atoms in total. The minimum absolute atomic E-state index is 0.448. The van der Waals surface area contributed by atoms with Crippen molar-refractivity contribution in [2.45, 2.75) is 6.92 Å². The van der Waals surface area contributed by atoms with Crippen molar-refractivity contribution in [1.29, 1.82) is 0 Å². The molecule has 19 heavy (non-hydrogen) atoms. The monoisotopic (exact) mass is 261 g/mol. The smallest absolute Gasteiger partial charge is 0.313 e. The summed E-state index contributed by atoms with van der Waals surface area (Å²) in [5.74, 6) is -1.00. The van der Waals surface area contributed by atoms with Gasteiger partial charge in [0.15, 0.2) is 0 Å². The number of rotatable bonds is 1. The van der Waals surface area contributed by atoms with Crippen molar-refractivity contribution in [2.75, 3.05) is 38.5 Å². The van der Waals surface area contributed by atoms with E-state index in [9.17, 15) is 9.59 Å². The average Bonchev–Trinajstić information content (AvgIpc) is 2.41. The van der Waals surface area contributed by atoms with Gasteiger partial charge in [-0.2, -0.15) is 0 Å². The highest BCUT2D eigenvalue weighted by Gasteiger charge is 2.24. The van der Waals surface area contributed by atoms with Crippen LogP contribution < -0.4 is 5.32 Å². The number of amides is 2. The van der Waals surface area contributed by atoms with Crippen molar-refractivity contribution in [1.82, 2.24) is 9.80 Å². The fraction of sp³-hybridized carbons (Fsp3) is 0.429. The van der Waals surface area contributed by atoms with Crippen molar-refractivity contribution < 1.29 is 9.59 Å². The van der Waals surface area contributed by atoms with E-state index in [1.807, 2.05) is 32.2 Å². The third-order valence-corrected chi connectivity index (χ3v) is 3.38. The van der Waals surface area contributed by atoms with Crippen molar-refractivity contribution in [2.24, 2.45) is 0 Å². The Bertz CT molecular complexity index is 479. The lowest BCUT2D eigenvalue weighted by Crippen LogP contribution is -2.50. The van der Waals surface area contributed by atoms with E-state index in [1.54, 1.807) is 11.0 Å². The van der Waals surface area contributed by atoms with E-state index in [-0.39, 0.29) is 0 Å². The molecule has 1 heterocycles. The first-order chi connectivity index (χ1) is 9.08. The molecule has 1 aromatic rings. The number of carbonyl (C=O) groups is 2. The van der Waals surface area contributed by atoms with Crippen LogP contribution in [0.25, 0.3) is 0 Å². The zero-order valence-corrected chi connectivity index (χ0v) is 11.3. The maximum absolute atomic E-state index is 12.0. The molecule has 0 saturated carbocycles. The summed E-state index contributed by atoms with van der Waals surface area (Å²) in [7, 11) is 2.01. The van der Waals surface area contributed by atoms with Gasteiger partial charge in [0.2, 0.25) is 0 Å². The molecule has 1 N–H and O–H groups in total. The molecule has 0 aliphatic carbocycles. The lowest BCUT2D eigenvalue weighted by Gasteiger charge is -2.31. The van der Waals surface area contributed by atoms with Crippen molar-refractivity contribution in [3.63, 3.8) is 0 Å². The second-order valence-electron chi connectivity index (χ2n) is 4.86. The minimum atomic E-state index is -0.557. The molecule has 2 rings (SSSR count). The summed E-state index contributed by atoms with van der Waals surface area (Å²) in [5.41, 5.74) is 1.64. The summed E-state index contributed by atoms with van der Waals surface area (Å²) in [6, 6.07) is 7.43. The average molecular weight is 261 g/mol. The zero-order valence-electron chi connectivity index (χ0n) is 11.3. The van der Waals surface area contributed by atoms with Gasteiger partial charge in [0.25, 0.3) is 0 Å². The van der Waals surface area contributed by atoms with Crippen molar-refractivity contribution in [3.8, 4) is 0 Å². The summed E-state index contributed by atoms with van der Waals surface area (Å²) < 4.78 is 0. The Morgan fingerprint density at radius 1 is 1.11 bits per heavy atom. The quantitative estimate of drug-likeness (QED) is 0.757. The highest BCUT2D eigenvalue weighted by atomic mass is 16.2. The second-order valence-corrected chi connectivity index (χ2v) is 4.86. The fourth-order valence-corrected chi connectivity index (χ4v) is 2.04. The first kappa shape index (κ1) is 13.5. The normalized spacial score (nSPS) is 16.2. The van der Waals surface area contributed by atoms with Gasteiger partial charge >= 0.3 is 11.8 Å². The maximum atomic E-state index is 12.0. The number of likely N-dealkylation sites (N-methyl/N-ethyl adjacent to an activating group) is 1. The molecule has 0 spiro atoms. The van der Waals surface area contributed by atoms with Crippen LogP contribution in [0.2, 0.25) is 0 Å². The summed E-state index contributed by atoms with van der Waals surface area (Å²) >= 11 is 0. The molecule has 0 atom stereocenters. The zero-order chi connectivity index (χ0) is 13.8. The van der Waals surface area contributed by atoms with Crippen LogP contribution in [0, 0.1) is 6.92 Å². The number of benzene rings is 1. The van der Waals surface area contributed by atoms with Gasteiger partial charge in [-0.05, 0) is 25.6 Å². The topological polar surface area (TPSA) is 52.7 Å². The van der Waals surface area contributed by atoms with Crippen LogP contribution in [-0.4, -0.2) is 54.8 Å². The second kappa shape index (κ2) is 5.84. The molecule has 2 amide bonds. The molecule has 1 fully saturated rings. The predicted molar refractivity (Wildman–Crippen MR) is 73.9 cm³/mol. The number of nitrogens with one attached hydrogen (secondary N) is 1. The molecule has 1 aliphatic rings. The predicted octanol–water partition coefficient (Wildman–Crippen LogP) is 0.708. The van der Waals surface area contributed by atoms with E-state index >= 15 is 0 Å². The van der Waals surface area contributed by atoms with Crippen LogP contribution in [-0.2, 0) is 9.59 Å². The van der Waals surface area contributed by atoms with Crippen LogP contribution in [0.1, 0.15) is 5.56 Å². The summed E-state index contributed by atoms with van der Waals surface area (Å²) in [5, 5.41) is 2.67. The summed E-state index contributed by atoms with van der Waals surface area (Å²) in [4.78, 5) is 27.7. The van der Waals surface area contributed by atoms with E-state index in [4.69, 9.17) is 0 Å². The standard InChI is InChI=1S/C14H19N3O2/c1-11-5-3-4-6-12(11)15-13(18)14(19)17-9-7-16(2)8-10-17/h3-6H,7-10H2,1-2H3,(H,15,18). The summed E-state index contributed by atoms with van der Waals surface area (Å²) in [6.45, 7) is 4.73. The lowest BCUT2D eigenvalue weighted by molar-refractivity contribution is -0.144. The number of piperazine rings is 1. The van der Waals surface area contributed by atoms with Crippen LogP contribution in [0.3, 0.4) is 0 Å². The number of aryl methyl sites for hydroxylation is 1. The van der Waals surface area contributed by atoms with E-state index in [2.05, 4.69) is 10.2 Å². The van der Waals surface area contributed by atoms with Crippen molar-refractivity contribution in [3.05, 3.63) is 29.8 Å². The van der Waals surface area contributed by atoms with Crippen LogP contribution in [0.15, 0.2) is 24.3 Å². The molecular formula is C14H19N3O2.